The number of aromatic nitrogens is 1. The van der Waals surface area contributed by atoms with Gasteiger partial charge in [-0.05, 0) is 54.9 Å². The second-order valence-electron chi connectivity index (χ2n) is 5.32. The highest BCUT2D eigenvalue weighted by Gasteiger charge is 2.23. The second kappa shape index (κ2) is 9.28. The molecule has 0 bridgehead atoms. The number of esters is 1. The van der Waals surface area contributed by atoms with Crippen molar-refractivity contribution in [3.8, 4) is 0 Å². The summed E-state index contributed by atoms with van der Waals surface area (Å²) in [4.78, 5) is 28.1. The average molecular weight is 380 g/mol. The first-order valence-electron chi connectivity index (χ1n) is 7.91. The lowest BCUT2D eigenvalue weighted by atomic mass is 10.1. The van der Waals surface area contributed by atoms with Crippen LogP contribution in [0.25, 0.3) is 0 Å². The van der Waals surface area contributed by atoms with E-state index in [0.29, 0.717) is 5.69 Å². The van der Waals surface area contributed by atoms with Gasteiger partial charge in [-0.15, -0.1) is 0 Å². The van der Waals surface area contributed by atoms with Crippen molar-refractivity contribution in [2.75, 3.05) is 5.32 Å². The smallest absolute Gasteiger partial charge is 0.341 e. The summed E-state index contributed by atoms with van der Waals surface area (Å²) in [6.07, 6.45) is 1.09. The molecule has 0 aliphatic heterocycles. The van der Waals surface area contributed by atoms with Crippen molar-refractivity contribution in [1.29, 1.82) is 0 Å². The molecule has 0 saturated heterocycles. The van der Waals surface area contributed by atoms with Crippen LogP contribution in [0.5, 0.6) is 0 Å². The number of nitrogens with zero attached hydrogens (tertiary/aromatic N) is 1. The molecule has 2 rings (SSSR count). The van der Waals surface area contributed by atoms with Crippen LogP contribution in [0.3, 0.4) is 0 Å². The van der Waals surface area contributed by atoms with Crippen molar-refractivity contribution in [1.82, 2.24) is 4.98 Å². The normalized spacial score (nSPS) is 11.9. The lowest BCUT2D eigenvalue weighted by molar-refractivity contribution is -0.123. The van der Waals surface area contributed by atoms with E-state index < -0.39 is 23.7 Å². The maximum atomic E-state index is 12.6. The minimum absolute atomic E-state index is 0.107. The number of alkyl halides is 2. The number of aryl methyl sites for hydroxylation is 1. The van der Waals surface area contributed by atoms with E-state index in [9.17, 15) is 18.4 Å². The molecule has 5 nitrogen and oxygen atoms in total. The molecule has 0 radical (unpaired) electrons. The number of carbonyl (C=O) groups excluding carboxylic acids is 2. The number of hydrogen-bond acceptors (Lipinski definition) is 5. The fraction of sp³-hybridized carbons (Fsp3) is 0.278. The number of thioether (sulfide) groups is 1. The van der Waals surface area contributed by atoms with E-state index >= 15 is 0 Å². The maximum Gasteiger partial charge on any atom is 0.341 e. The Hall–Kier alpha value is -2.48. The SMILES string of the molecule is CCc1ccc(NC(=O)[C@@H](C)OC(=O)c2cccnc2SC(F)F)cc1. The van der Waals surface area contributed by atoms with Gasteiger partial charge in [0.25, 0.3) is 11.7 Å². The first kappa shape index (κ1) is 19.8. The Labute approximate surface area is 154 Å². The van der Waals surface area contributed by atoms with Crippen molar-refractivity contribution in [3.63, 3.8) is 0 Å². The average Bonchev–Trinajstić information content (AvgIpc) is 2.62. The van der Waals surface area contributed by atoms with Crippen LogP contribution in [-0.2, 0) is 16.0 Å². The Morgan fingerprint density at radius 1 is 1.23 bits per heavy atom. The summed E-state index contributed by atoms with van der Waals surface area (Å²) in [5, 5.41) is 2.50. The number of ether oxygens (including phenoxy) is 1. The van der Waals surface area contributed by atoms with Crippen LogP contribution in [0.4, 0.5) is 14.5 Å². The molecule has 0 fully saturated rings. The van der Waals surface area contributed by atoms with Crippen molar-refractivity contribution < 1.29 is 23.1 Å². The van der Waals surface area contributed by atoms with E-state index in [-0.39, 0.29) is 22.4 Å². The summed E-state index contributed by atoms with van der Waals surface area (Å²) >= 11 is 0.149. The minimum atomic E-state index is -2.72. The number of anilines is 1. The Morgan fingerprint density at radius 2 is 1.92 bits per heavy atom. The van der Waals surface area contributed by atoms with Gasteiger partial charge in [-0.3, -0.25) is 4.79 Å². The Balaban J connectivity index is 2.00. The zero-order valence-electron chi connectivity index (χ0n) is 14.2. The highest BCUT2D eigenvalue weighted by atomic mass is 32.2. The topological polar surface area (TPSA) is 68.3 Å². The number of carbonyl (C=O) groups is 2. The number of hydrogen-bond donors (Lipinski definition) is 1. The van der Waals surface area contributed by atoms with Crippen molar-refractivity contribution >= 4 is 29.3 Å². The molecule has 8 heteroatoms. The van der Waals surface area contributed by atoms with Gasteiger partial charge in [0, 0.05) is 11.9 Å². The predicted molar refractivity (Wildman–Crippen MR) is 95.4 cm³/mol. The summed E-state index contributed by atoms with van der Waals surface area (Å²) < 4.78 is 30.2. The molecule has 0 aliphatic carbocycles. The van der Waals surface area contributed by atoms with Gasteiger partial charge in [0.1, 0.15) is 5.03 Å². The number of nitrogens with one attached hydrogen (secondary N) is 1. The molecule has 1 aromatic carbocycles. The molecule has 1 aromatic heterocycles. The molecule has 1 amide bonds. The van der Waals surface area contributed by atoms with Crippen LogP contribution in [0.15, 0.2) is 47.6 Å². The molecule has 0 saturated carbocycles. The number of rotatable bonds is 7. The van der Waals surface area contributed by atoms with Crippen LogP contribution in [0, 0.1) is 0 Å². The Bertz CT molecular complexity index is 769. The summed E-state index contributed by atoms with van der Waals surface area (Å²) in [5.41, 5.74) is 1.60. The zero-order valence-corrected chi connectivity index (χ0v) is 15.1. The highest BCUT2D eigenvalue weighted by Crippen LogP contribution is 2.27. The summed E-state index contributed by atoms with van der Waals surface area (Å²) in [6, 6.07) is 10.0. The molecule has 2 aromatic rings. The van der Waals surface area contributed by atoms with Crippen LogP contribution in [0.1, 0.15) is 29.8 Å². The van der Waals surface area contributed by atoms with Crippen LogP contribution in [0.2, 0.25) is 0 Å². The summed E-state index contributed by atoms with van der Waals surface area (Å²) in [6.45, 7) is 3.43. The molecule has 1 N–H and O–H groups in total. The van der Waals surface area contributed by atoms with Gasteiger partial charge in [-0.2, -0.15) is 8.78 Å². The van der Waals surface area contributed by atoms with Crippen LogP contribution >= 0.6 is 11.8 Å². The molecule has 1 heterocycles. The van der Waals surface area contributed by atoms with E-state index in [1.165, 1.54) is 25.3 Å². The van der Waals surface area contributed by atoms with Crippen molar-refractivity contribution in [2.24, 2.45) is 0 Å². The third kappa shape index (κ3) is 5.52. The van der Waals surface area contributed by atoms with Crippen molar-refractivity contribution in [3.05, 3.63) is 53.7 Å². The lowest BCUT2D eigenvalue weighted by Crippen LogP contribution is -2.30. The predicted octanol–water partition coefficient (Wildman–Crippen LogP) is 4.14. The van der Waals surface area contributed by atoms with E-state index in [0.717, 1.165) is 12.0 Å². The van der Waals surface area contributed by atoms with E-state index in [1.807, 2.05) is 19.1 Å². The largest absolute Gasteiger partial charge is 0.449 e. The Morgan fingerprint density at radius 3 is 2.54 bits per heavy atom. The van der Waals surface area contributed by atoms with Crippen molar-refractivity contribution in [2.45, 2.75) is 37.2 Å². The quantitative estimate of drug-likeness (QED) is 0.577. The van der Waals surface area contributed by atoms with Gasteiger partial charge in [0.2, 0.25) is 0 Å². The van der Waals surface area contributed by atoms with Gasteiger partial charge in [0.15, 0.2) is 6.10 Å². The number of amides is 1. The highest BCUT2D eigenvalue weighted by molar-refractivity contribution is 7.99. The molecule has 0 aliphatic rings. The van der Waals surface area contributed by atoms with E-state index in [2.05, 4.69) is 10.3 Å². The molecular weight excluding hydrogens is 362 g/mol. The fourth-order valence-corrected chi connectivity index (χ4v) is 2.64. The molecule has 138 valence electrons. The van der Waals surface area contributed by atoms with E-state index in [4.69, 9.17) is 4.74 Å². The minimum Gasteiger partial charge on any atom is -0.449 e. The first-order chi connectivity index (χ1) is 12.4. The molecule has 26 heavy (non-hydrogen) atoms. The summed E-state index contributed by atoms with van der Waals surface area (Å²) in [7, 11) is 0. The van der Waals surface area contributed by atoms with Gasteiger partial charge in [-0.25, -0.2) is 9.78 Å². The van der Waals surface area contributed by atoms with Crippen LogP contribution < -0.4 is 5.32 Å². The first-order valence-corrected chi connectivity index (χ1v) is 8.79. The van der Waals surface area contributed by atoms with Gasteiger partial charge in [0.05, 0.1) is 5.56 Å². The second-order valence-corrected chi connectivity index (χ2v) is 6.30. The molecule has 0 spiro atoms. The van der Waals surface area contributed by atoms with Gasteiger partial charge in [-0.1, -0.05) is 19.1 Å². The molecular formula is C18H18F2N2O3S. The lowest BCUT2D eigenvalue weighted by Gasteiger charge is -2.14. The summed E-state index contributed by atoms with van der Waals surface area (Å²) in [5.74, 6) is -4.12. The number of pyridine rings is 1. The van der Waals surface area contributed by atoms with Gasteiger partial charge >= 0.3 is 5.97 Å². The number of benzene rings is 1. The van der Waals surface area contributed by atoms with Crippen LogP contribution in [-0.4, -0.2) is 28.7 Å². The third-order valence-electron chi connectivity index (χ3n) is 3.47. The van der Waals surface area contributed by atoms with E-state index in [1.54, 1.807) is 12.1 Å². The Kier molecular flexibility index (Phi) is 7.08. The zero-order chi connectivity index (χ0) is 19.1. The maximum absolute atomic E-state index is 12.6. The fourth-order valence-electron chi connectivity index (χ4n) is 2.07. The third-order valence-corrected chi connectivity index (χ3v) is 4.20. The molecule has 0 unspecified atom stereocenters. The molecule has 1 atom stereocenters. The monoisotopic (exact) mass is 380 g/mol. The number of halogens is 2. The standard InChI is InChI=1S/C18H18F2N2O3S/c1-3-12-6-8-13(9-7-12)22-15(23)11(2)25-17(24)14-5-4-10-21-16(14)26-18(19)20/h4-11,18H,3H2,1-2H3,(H,22,23)/t11-/m1/s1. The van der Waals surface area contributed by atoms with Gasteiger partial charge < -0.3 is 10.1 Å².